The second-order valence-corrected chi connectivity index (χ2v) is 11.1. The van der Waals surface area contributed by atoms with Crippen LogP contribution in [0.3, 0.4) is 0 Å². The van der Waals surface area contributed by atoms with Crippen LogP contribution in [0, 0.1) is 26.7 Å². The van der Waals surface area contributed by atoms with E-state index in [0.29, 0.717) is 37.4 Å². The summed E-state index contributed by atoms with van der Waals surface area (Å²) in [6, 6.07) is 12.0. The van der Waals surface area contributed by atoms with Crippen molar-refractivity contribution in [1.82, 2.24) is 19.2 Å². The molecule has 2 aromatic carbocycles. The molecule has 4 rings (SSSR count). The van der Waals surface area contributed by atoms with Gasteiger partial charge in [-0.05, 0) is 55.9 Å². The number of sulfonamides is 1. The lowest BCUT2D eigenvalue weighted by molar-refractivity contribution is -0.126. The molecule has 0 unspecified atom stereocenters. The Morgan fingerprint density at radius 3 is 2.24 bits per heavy atom. The number of piperidine rings is 1. The molecule has 2 heterocycles. The number of rotatable bonds is 7. The van der Waals surface area contributed by atoms with Gasteiger partial charge in [0, 0.05) is 44.5 Å². The van der Waals surface area contributed by atoms with E-state index >= 15 is 0 Å². The van der Waals surface area contributed by atoms with Gasteiger partial charge in [-0.25, -0.2) is 13.4 Å². The normalized spacial score (nSPS) is 15.4. The van der Waals surface area contributed by atoms with E-state index in [1.165, 1.54) is 9.87 Å². The fraction of sp³-hybridized carbons (Fsp3) is 0.385. The van der Waals surface area contributed by atoms with Gasteiger partial charge in [-0.2, -0.15) is 4.31 Å². The number of carbonyl (C=O) groups excluding carboxylic acids is 1. The SMILES string of the molecule is Cc1cc(C)c(S(=O)(=O)N2CCC(C(=O)NCc3ccc(Cn4ccnc4)cc3)CC2)c(C)c1. The maximum atomic E-state index is 13.3. The molecule has 7 nitrogen and oxygen atoms in total. The lowest BCUT2D eigenvalue weighted by Crippen LogP contribution is -2.43. The van der Waals surface area contributed by atoms with Crippen molar-refractivity contribution in [1.29, 1.82) is 0 Å². The van der Waals surface area contributed by atoms with Crippen LogP contribution in [0.5, 0.6) is 0 Å². The minimum Gasteiger partial charge on any atom is -0.352 e. The first-order chi connectivity index (χ1) is 16.2. The van der Waals surface area contributed by atoms with Crippen molar-refractivity contribution in [2.45, 2.75) is 51.6 Å². The van der Waals surface area contributed by atoms with E-state index in [1.54, 1.807) is 12.5 Å². The molecule has 1 saturated heterocycles. The van der Waals surface area contributed by atoms with Gasteiger partial charge < -0.3 is 9.88 Å². The minimum atomic E-state index is -3.57. The lowest BCUT2D eigenvalue weighted by Gasteiger charge is -2.31. The fourth-order valence-electron chi connectivity index (χ4n) is 4.75. The Morgan fingerprint density at radius 1 is 1.03 bits per heavy atom. The molecular weight excluding hydrogens is 448 g/mol. The maximum Gasteiger partial charge on any atom is 0.243 e. The molecule has 0 atom stereocenters. The van der Waals surface area contributed by atoms with Gasteiger partial charge in [-0.15, -0.1) is 0 Å². The van der Waals surface area contributed by atoms with Crippen molar-refractivity contribution >= 4 is 15.9 Å². The second-order valence-electron chi connectivity index (χ2n) is 9.18. The molecule has 1 fully saturated rings. The summed E-state index contributed by atoms with van der Waals surface area (Å²) in [5.41, 5.74) is 4.80. The summed E-state index contributed by atoms with van der Waals surface area (Å²) in [6.07, 6.45) is 6.52. The molecular formula is C26H32N4O3S. The molecule has 0 bridgehead atoms. The highest BCUT2D eigenvalue weighted by molar-refractivity contribution is 7.89. The maximum absolute atomic E-state index is 13.3. The number of amides is 1. The number of nitrogens with zero attached hydrogens (tertiary/aromatic N) is 3. The first kappa shape index (κ1) is 24.2. The van der Waals surface area contributed by atoms with E-state index in [-0.39, 0.29) is 11.8 Å². The number of benzene rings is 2. The average Bonchev–Trinajstić information content (AvgIpc) is 3.30. The van der Waals surface area contributed by atoms with Crippen molar-refractivity contribution in [2.24, 2.45) is 5.92 Å². The molecule has 0 saturated carbocycles. The summed E-state index contributed by atoms with van der Waals surface area (Å²) in [6.45, 7) is 7.59. The summed E-state index contributed by atoms with van der Waals surface area (Å²) < 4.78 is 30.1. The van der Waals surface area contributed by atoms with Crippen molar-refractivity contribution < 1.29 is 13.2 Å². The number of hydrogen-bond acceptors (Lipinski definition) is 4. The molecule has 1 aliphatic heterocycles. The highest BCUT2D eigenvalue weighted by Gasteiger charge is 2.33. The van der Waals surface area contributed by atoms with Crippen molar-refractivity contribution in [3.8, 4) is 0 Å². The average molecular weight is 481 g/mol. The van der Waals surface area contributed by atoms with Crippen molar-refractivity contribution in [3.05, 3.63) is 82.9 Å². The predicted molar refractivity (Wildman–Crippen MR) is 132 cm³/mol. The van der Waals surface area contributed by atoms with Crippen LogP contribution in [0.4, 0.5) is 0 Å². The van der Waals surface area contributed by atoms with Crippen LogP contribution in [-0.2, 0) is 27.9 Å². The van der Waals surface area contributed by atoms with E-state index < -0.39 is 10.0 Å². The Hall–Kier alpha value is -2.97. The van der Waals surface area contributed by atoms with Crippen molar-refractivity contribution in [2.75, 3.05) is 13.1 Å². The second kappa shape index (κ2) is 10.1. The molecule has 1 amide bonds. The van der Waals surface area contributed by atoms with Gasteiger partial charge in [0.25, 0.3) is 0 Å². The zero-order chi connectivity index (χ0) is 24.3. The van der Waals surface area contributed by atoms with Gasteiger partial charge in [0.15, 0.2) is 0 Å². The summed E-state index contributed by atoms with van der Waals surface area (Å²) >= 11 is 0. The number of hydrogen-bond donors (Lipinski definition) is 1. The van der Waals surface area contributed by atoms with Crippen LogP contribution in [0.25, 0.3) is 0 Å². The Bertz CT molecular complexity index is 1220. The lowest BCUT2D eigenvalue weighted by atomic mass is 9.97. The first-order valence-corrected chi connectivity index (χ1v) is 13.1. The standard InChI is InChI=1S/C26H32N4O3S/c1-19-14-20(2)25(21(3)15-19)34(32,33)30-11-8-24(9-12-30)26(31)28-16-22-4-6-23(7-5-22)17-29-13-10-27-18-29/h4-7,10,13-15,18,24H,8-9,11-12,16-17H2,1-3H3,(H,28,31). The van der Waals surface area contributed by atoms with E-state index in [4.69, 9.17) is 0 Å². The van der Waals surface area contributed by atoms with Crippen molar-refractivity contribution in [3.63, 3.8) is 0 Å². The summed E-state index contributed by atoms with van der Waals surface area (Å²) in [5, 5.41) is 3.02. The third-order valence-electron chi connectivity index (χ3n) is 6.44. The largest absolute Gasteiger partial charge is 0.352 e. The van der Waals surface area contributed by atoms with Gasteiger partial charge in [0.2, 0.25) is 15.9 Å². The Morgan fingerprint density at radius 2 is 1.65 bits per heavy atom. The highest BCUT2D eigenvalue weighted by Crippen LogP contribution is 2.29. The molecule has 0 radical (unpaired) electrons. The molecule has 8 heteroatoms. The van der Waals surface area contributed by atoms with Crippen LogP contribution < -0.4 is 5.32 Å². The van der Waals surface area contributed by atoms with E-state index in [2.05, 4.69) is 22.4 Å². The minimum absolute atomic E-state index is 0.0118. The van der Waals surface area contributed by atoms with E-state index in [1.807, 2.05) is 55.8 Å². The summed E-state index contributed by atoms with van der Waals surface area (Å²) in [5.74, 6) is -0.186. The summed E-state index contributed by atoms with van der Waals surface area (Å²) in [4.78, 5) is 17.2. The number of imidazole rings is 1. The Labute approximate surface area is 201 Å². The van der Waals surface area contributed by atoms with Gasteiger partial charge in [-0.3, -0.25) is 4.79 Å². The van der Waals surface area contributed by atoms with Crippen LogP contribution in [-0.4, -0.2) is 41.3 Å². The fourth-order valence-corrected chi connectivity index (χ4v) is 6.63. The Kier molecular flexibility index (Phi) is 7.19. The van der Waals surface area contributed by atoms with E-state index in [9.17, 15) is 13.2 Å². The molecule has 0 spiro atoms. The molecule has 3 aromatic rings. The summed E-state index contributed by atoms with van der Waals surface area (Å²) in [7, 11) is -3.57. The zero-order valence-corrected chi connectivity index (χ0v) is 20.8. The molecule has 1 N–H and O–H groups in total. The zero-order valence-electron chi connectivity index (χ0n) is 20.0. The Balaban J connectivity index is 1.30. The van der Waals surface area contributed by atoms with Gasteiger partial charge in [-0.1, -0.05) is 42.0 Å². The smallest absolute Gasteiger partial charge is 0.243 e. The molecule has 34 heavy (non-hydrogen) atoms. The predicted octanol–water partition coefficient (Wildman–Crippen LogP) is 3.57. The van der Waals surface area contributed by atoms with Crippen LogP contribution in [0.15, 0.2) is 60.0 Å². The topological polar surface area (TPSA) is 84.3 Å². The number of aromatic nitrogens is 2. The highest BCUT2D eigenvalue weighted by atomic mass is 32.2. The van der Waals surface area contributed by atoms with Gasteiger partial charge in [0.1, 0.15) is 0 Å². The molecule has 0 aliphatic carbocycles. The van der Waals surface area contributed by atoms with Gasteiger partial charge >= 0.3 is 0 Å². The number of aryl methyl sites for hydroxylation is 3. The van der Waals surface area contributed by atoms with Crippen LogP contribution in [0.1, 0.15) is 40.7 Å². The number of carbonyl (C=O) groups is 1. The molecule has 1 aromatic heterocycles. The third-order valence-corrected chi connectivity index (χ3v) is 8.65. The van der Waals surface area contributed by atoms with E-state index in [0.717, 1.165) is 28.8 Å². The third kappa shape index (κ3) is 5.39. The monoisotopic (exact) mass is 480 g/mol. The van der Waals surface area contributed by atoms with Gasteiger partial charge in [0.05, 0.1) is 11.2 Å². The number of nitrogens with one attached hydrogen (secondary N) is 1. The molecule has 1 aliphatic rings. The van der Waals surface area contributed by atoms with Crippen LogP contribution in [0.2, 0.25) is 0 Å². The first-order valence-electron chi connectivity index (χ1n) is 11.6. The quantitative estimate of drug-likeness (QED) is 0.560. The van der Waals surface area contributed by atoms with Crippen LogP contribution >= 0.6 is 0 Å². The molecule has 180 valence electrons.